The Morgan fingerprint density at radius 1 is 1.38 bits per heavy atom. The Labute approximate surface area is 82.3 Å². The Morgan fingerprint density at radius 2 is 2.00 bits per heavy atom. The van der Waals surface area contributed by atoms with Gasteiger partial charge in [-0.1, -0.05) is 30.3 Å². The van der Waals surface area contributed by atoms with Crippen LogP contribution in [0.2, 0.25) is 0 Å². The minimum Gasteiger partial charge on any atom is -0.356 e. The zero-order valence-electron chi connectivity index (χ0n) is 7.69. The van der Waals surface area contributed by atoms with E-state index in [4.69, 9.17) is 4.74 Å². The summed E-state index contributed by atoms with van der Waals surface area (Å²) in [7, 11) is 1.54. The number of carbonyl (C=O) groups excluding carboxylic acids is 1. The van der Waals surface area contributed by atoms with Gasteiger partial charge in [0, 0.05) is 12.7 Å². The molecule has 0 radical (unpaired) electrons. The third kappa shape index (κ3) is 1.92. The number of rotatable bonds is 4. The molecule has 0 saturated carbocycles. The van der Waals surface area contributed by atoms with Gasteiger partial charge in [0.15, 0.2) is 11.2 Å². The molecule has 1 aromatic carbocycles. The highest BCUT2D eigenvalue weighted by Gasteiger charge is 2.30. The van der Waals surface area contributed by atoms with Crippen LogP contribution in [0.3, 0.4) is 0 Å². The standard InChI is InChI=1S/C10H12O2S/c1-12-10(8-11,13-2)9-6-4-3-5-7-9/h3-8H,1-2H3. The van der Waals surface area contributed by atoms with E-state index in [1.807, 2.05) is 36.6 Å². The molecule has 1 atom stereocenters. The average Bonchev–Trinajstić information content (AvgIpc) is 2.23. The molecule has 0 aliphatic rings. The van der Waals surface area contributed by atoms with Crippen molar-refractivity contribution in [1.29, 1.82) is 0 Å². The van der Waals surface area contributed by atoms with Crippen LogP contribution in [0.25, 0.3) is 0 Å². The second-order valence-corrected chi connectivity index (χ2v) is 3.57. The molecular formula is C10H12O2S. The monoisotopic (exact) mass is 196 g/mol. The Hall–Kier alpha value is -0.800. The van der Waals surface area contributed by atoms with Gasteiger partial charge in [-0.2, -0.15) is 0 Å². The van der Waals surface area contributed by atoms with Crippen molar-refractivity contribution in [3.8, 4) is 0 Å². The Bertz CT molecular complexity index is 268. The molecule has 0 aliphatic heterocycles. The van der Waals surface area contributed by atoms with Crippen LogP contribution >= 0.6 is 11.8 Å². The van der Waals surface area contributed by atoms with Crippen LogP contribution < -0.4 is 0 Å². The van der Waals surface area contributed by atoms with E-state index in [1.54, 1.807) is 0 Å². The normalized spacial score (nSPS) is 14.9. The summed E-state index contributed by atoms with van der Waals surface area (Å²) in [5, 5.41) is 0. The van der Waals surface area contributed by atoms with Crippen molar-refractivity contribution in [2.45, 2.75) is 4.93 Å². The van der Waals surface area contributed by atoms with Gasteiger partial charge in [-0.05, 0) is 6.26 Å². The van der Waals surface area contributed by atoms with Crippen molar-refractivity contribution in [3.63, 3.8) is 0 Å². The molecule has 3 heteroatoms. The van der Waals surface area contributed by atoms with Gasteiger partial charge in [-0.3, -0.25) is 4.79 Å². The molecule has 0 N–H and O–H groups in total. The Kier molecular flexibility index (Phi) is 3.51. The van der Waals surface area contributed by atoms with Gasteiger partial charge in [0.25, 0.3) is 0 Å². The highest BCUT2D eigenvalue weighted by molar-refractivity contribution is 8.00. The van der Waals surface area contributed by atoms with E-state index in [0.717, 1.165) is 11.8 Å². The minimum absolute atomic E-state index is 0.826. The van der Waals surface area contributed by atoms with Crippen molar-refractivity contribution >= 4 is 18.0 Å². The molecule has 0 aliphatic carbocycles. The molecule has 13 heavy (non-hydrogen) atoms. The third-order valence-electron chi connectivity index (χ3n) is 1.94. The van der Waals surface area contributed by atoms with Crippen LogP contribution in [-0.4, -0.2) is 19.7 Å². The number of ether oxygens (including phenoxy) is 1. The highest BCUT2D eigenvalue weighted by atomic mass is 32.2. The van der Waals surface area contributed by atoms with Gasteiger partial charge in [0.1, 0.15) is 0 Å². The van der Waals surface area contributed by atoms with Gasteiger partial charge >= 0.3 is 0 Å². The summed E-state index contributed by atoms with van der Waals surface area (Å²) in [6.45, 7) is 0. The molecule has 0 fully saturated rings. The van der Waals surface area contributed by atoms with E-state index in [2.05, 4.69) is 0 Å². The maximum atomic E-state index is 10.9. The molecule has 1 unspecified atom stereocenters. The number of aldehydes is 1. The first-order valence-corrected chi connectivity index (χ1v) is 5.13. The lowest BCUT2D eigenvalue weighted by atomic mass is 10.1. The van der Waals surface area contributed by atoms with Gasteiger partial charge in [0.05, 0.1) is 0 Å². The number of methoxy groups -OCH3 is 1. The van der Waals surface area contributed by atoms with Crippen LogP contribution in [-0.2, 0) is 14.5 Å². The summed E-state index contributed by atoms with van der Waals surface area (Å²) < 4.78 is 5.22. The van der Waals surface area contributed by atoms with Crippen molar-refractivity contribution in [2.24, 2.45) is 0 Å². The van der Waals surface area contributed by atoms with E-state index < -0.39 is 4.93 Å². The molecule has 0 saturated heterocycles. The van der Waals surface area contributed by atoms with Crippen LogP contribution in [0.15, 0.2) is 30.3 Å². The molecule has 0 heterocycles. The van der Waals surface area contributed by atoms with Crippen LogP contribution in [0.4, 0.5) is 0 Å². The van der Waals surface area contributed by atoms with E-state index in [0.29, 0.717) is 0 Å². The quantitative estimate of drug-likeness (QED) is 0.544. The highest BCUT2D eigenvalue weighted by Crippen LogP contribution is 2.32. The lowest BCUT2D eigenvalue weighted by Gasteiger charge is -2.24. The van der Waals surface area contributed by atoms with Crippen LogP contribution in [0.5, 0.6) is 0 Å². The summed E-state index contributed by atoms with van der Waals surface area (Å²) in [5.41, 5.74) is 0.875. The van der Waals surface area contributed by atoms with E-state index in [-0.39, 0.29) is 0 Å². The fourth-order valence-electron chi connectivity index (χ4n) is 1.15. The first-order chi connectivity index (χ1) is 6.29. The summed E-state index contributed by atoms with van der Waals surface area (Å²) >= 11 is 1.38. The molecule has 2 nitrogen and oxygen atoms in total. The van der Waals surface area contributed by atoms with Gasteiger partial charge in [-0.25, -0.2) is 0 Å². The lowest BCUT2D eigenvalue weighted by molar-refractivity contribution is -0.119. The second-order valence-electron chi connectivity index (χ2n) is 2.56. The second kappa shape index (κ2) is 4.44. The molecular weight excluding hydrogens is 184 g/mol. The number of carbonyl (C=O) groups is 1. The Morgan fingerprint density at radius 3 is 2.38 bits per heavy atom. The van der Waals surface area contributed by atoms with Crippen molar-refractivity contribution in [1.82, 2.24) is 0 Å². The number of benzene rings is 1. The first kappa shape index (κ1) is 10.3. The maximum Gasteiger partial charge on any atom is 0.194 e. The average molecular weight is 196 g/mol. The zero-order valence-corrected chi connectivity index (χ0v) is 8.51. The predicted octanol–water partition coefficient (Wildman–Crippen LogP) is 2.05. The molecule has 1 rings (SSSR count). The summed E-state index contributed by atoms with van der Waals surface area (Å²) in [5.74, 6) is 0. The first-order valence-electron chi connectivity index (χ1n) is 3.91. The van der Waals surface area contributed by atoms with E-state index in [1.165, 1.54) is 18.9 Å². The number of hydrogen-bond acceptors (Lipinski definition) is 3. The van der Waals surface area contributed by atoms with Gasteiger partial charge < -0.3 is 4.74 Å². The van der Waals surface area contributed by atoms with Crippen LogP contribution in [0, 0.1) is 0 Å². The largest absolute Gasteiger partial charge is 0.356 e. The van der Waals surface area contributed by atoms with Crippen LogP contribution in [0.1, 0.15) is 5.56 Å². The fourth-order valence-corrected chi connectivity index (χ4v) is 1.79. The molecule has 0 amide bonds. The zero-order chi connectivity index (χ0) is 9.73. The fraction of sp³-hybridized carbons (Fsp3) is 0.300. The topological polar surface area (TPSA) is 26.3 Å². The van der Waals surface area contributed by atoms with Gasteiger partial charge in [0.2, 0.25) is 0 Å². The maximum absolute atomic E-state index is 10.9. The smallest absolute Gasteiger partial charge is 0.194 e. The summed E-state index contributed by atoms with van der Waals surface area (Å²) in [6, 6.07) is 9.46. The van der Waals surface area contributed by atoms with Crippen molar-refractivity contribution < 1.29 is 9.53 Å². The molecule has 1 aromatic rings. The van der Waals surface area contributed by atoms with Crippen molar-refractivity contribution in [3.05, 3.63) is 35.9 Å². The molecule has 0 aromatic heterocycles. The van der Waals surface area contributed by atoms with Gasteiger partial charge in [-0.15, -0.1) is 11.8 Å². The molecule has 70 valence electrons. The Balaban J connectivity index is 3.08. The lowest BCUT2D eigenvalue weighted by Crippen LogP contribution is -2.25. The van der Waals surface area contributed by atoms with E-state index in [9.17, 15) is 4.79 Å². The molecule has 0 spiro atoms. The minimum atomic E-state index is -0.846. The SMILES string of the molecule is COC(C=O)(SC)c1ccccc1. The summed E-state index contributed by atoms with van der Waals surface area (Å²) in [6.07, 6.45) is 2.68. The molecule has 0 bridgehead atoms. The summed E-state index contributed by atoms with van der Waals surface area (Å²) in [4.78, 5) is 10.1. The number of thioether (sulfide) groups is 1. The third-order valence-corrected chi connectivity index (χ3v) is 3.04. The number of hydrogen-bond donors (Lipinski definition) is 0. The predicted molar refractivity (Wildman–Crippen MR) is 54.7 cm³/mol. The van der Waals surface area contributed by atoms with E-state index >= 15 is 0 Å². The van der Waals surface area contributed by atoms with Crippen molar-refractivity contribution in [2.75, 3.05) is 13.4 Å².